The number of imidazole rings is 1. The van der Waals surface area contributed by atoms with Crippen LogP contribution in [0.5, 0.6) is 0 Å². The third kappa shape index (κ3) is 1.73. The number of rotatable bonds is 1. The molecule has 0 atom stereocenters. The molecule has 3 aromatic rings. The standard InChI is InChI=1S/C13H12N4/c1-8-5-11-13(15-7-8)17-12(16-11)9-3-2-4-10(14)6-9/h2-7H,14H2,1H3,(H,15,16,17). The summed E-state index contributed by atoms with van der Waals surface area (Å²) in [5, 5.41) is 0. The van der Waals surface area contributed by atoms with Crippen LogP contribution in [-0.4, -0.2) is 15.0 Å². The topological polar surface area (TPSA) is 67.6 Å². The highest BCUT2D eigenvalue weighted by Gasteiger charge is 2.06. The molecule has 0 fully saturated rings. The van der Waals surface area contributed by atoms with E-state index in [9.17, 15) is 0 Å². The van der Waals surface area contributed by atoms with E-state index in [1.165, 1.54) is 0 Å². The summed E-state index contributed by atoms with van der Waals surface area (Å²) in [4.78, 5) is 12.0. The van der Waals surface area contributed by atoms with Crippen molar-refractivity contribution in [3.63, 3.8) is 0 Å². The van der Waals surface area contributed by atoms with Gasteiger partial charge in [0.15, 0.2) is 5.65 Å². The van der Waals surface area contributed by atoms with Crippen LogP contribution in [0, 0.1) is 6.92 Å². The molecule has 3 N–H and O–H groups in total. The van der Waals surface area contributed by atoms with E-state index in [-0.39, 0.29) is 0 Å². The van der Waals surface area contributed by atoms with Crippen molar-refractivity contribution in [2.45, 2.75) is 6.92 Å². The molecule has 0 unspecified atom stereocenters. The summed E-state index contributed by atoms with van der Waals surface area (Å²) in [5.41, 5.74) is 10.2. The van der Waals surface area contributed by atoms with Crippen LogP contribution < -0.4 is 5.73 Å². The molecule has 0 amide bonds. The lowest BCUT2D eigenvalue weighted by molar-refractivity contribution is 1.28. The summed E-state index contributed by atoms with van der Waals surface area (Å²) < 4.78 is 0. The Kier molecular flexibility index (Phi) is 2.08. The molecule has 0 radical (unpaired) electrons. The van der Waals surface area contributed by atoms with Crippen LogP contribution >= 0.6 is 0 Å². The van der Waals surface area contributed by atoms with Crippen LogP contribution in [0.25, 0.3) is 22.6 Å². The summed E-state index contributed by atoms with van der Waals surface area (Å²) in [7, 11) is 0. The molecule has 3 rings (SSSR count). The molecule has 0 bridgehead atoms. The quantitative estimate of drug-likeness (QED) is 0.624. The zero-order valence-corrected chi connectivity index (χ0v) is 9.44. The molecule has 1 aromatic carbocycles. The third-order valence-electron chi connectivity index (χ3n) is 2.63. The number of H-pyrrole nitrogens is 1. The summed E-state index contributed by atoms with van der Waals surface area (Å²) in [6.45, 7) is 2.01. The number of benzene rings is 1. The number of hydrogen-bond acceptors (Lipinski definition) is 3. The Morgan fingerprint density at radius 1 is 1.24 bits per heavy atom. The van der Waals surface area contributed by atoms with Crippen LogP contribution in [-0.2, 0) is 0 Å². The van der Waals surface area contributed by atoms with E-state index in [4.69, 9.17) is 5.73 Å². The Hall–Kier alpha value is -2.36. The maximum atomic E-state index is 5.76. The molecule has 17 heavy (non-hydrogen) atoms. The third-order valence-corrected chi connectivity index (χ3v) is 2.63. The highest BCUT2D eigenvalue weighted by Crippen LogP contribution is 2.21. The van der Waals surface area contributed by atoms with E-state index in [2.05, 4.69) is 15.0 Å². The highest BCUT2D eigenvalue weighted by atomic mass is 15.0. The van der Waals surface area contributed by atoms with E-state index in [0.29, 0.717) is 0 Å². The van der Waals surface area contributed by atoms with E-state index in [1.807, 2.05) is 43.5 Å². The van der Waals surface area contributed by atoms with Gasteiger partial charge in [0.05, 0.1) is 5.52 Å². The van der Waals surface area contributed by atoms with Gasteiger partial charge < -0.3 is 10.7 Å². The molecule has 0 saturated heterocycles. The molecule has 84 valence electrons. The number of aryl methyl sites for hydroxylation is 1. The largest absolute Gasteiger partial charge is 0.399 e. The van der Waals surface area contributed by atoms with Crippen LogP contribution in [0.4, 0.5) is 5.69 Å². The minimum absolute atomic E-state index is 0.729. The molecule has 4 heteroatoms. The first-order valence-corrected chi connectivity index (χ1v) is 5.41. The van der Waals surface area contributed by atoms with Crippen molar-refractivity contribution in [2.75, 3.05) is 5.73 Å². The van der Waals surface area contributed by atoms with Crippen LogP contribution in [0.3, 0.4) is 0 Å². The Labute approximate surface area is 98.5 Å². The summed E-state index contributed by atoms with van der Waals surface area (Å²) >= 11 is 0. The summed E-state index contributed by atoms with van der Waals surface area (Å²) in [6, 6.07) is 9.67. The fraction of sp³-hybridized carbons (Fsp3) is 0.0769. The van der Waals surface area contributed by atoms with Gasteiger partial charge in [-0.15, -0.1) is 0 Å². The van der Waals surface area contributed by atoms with E-state index >= 15 is 0 Å². The second-order valence-corrected chi connectivity index (χ2v) is 4.09. The number of pyridine rings is 1. The molecule has 0 aliphatic rings. The number of aromatic nitrogens is 3. The SMILES string of the molecule is Cc1cnc2nc(-c3cccc(N)c3)[nH]c2c1. The Balaban J connectivity index is 2.18. The Morgan fingerprint density at radius 2 is 2.12 bits per heavy atom. The van der Waals surface area contributed by atoms with Crippen LogP contribution in [0.15, 0.2) is 36.5 Å². The highest BCUT2D eigenvalue weighted by molar-refractivity contribution is 5.76. The van der Waals surface area contributed by atoms with Crippen molar-refractivity contribution in [1.29, 1.82) is 0 Å². The number of anilines is 1. The first-order valence-electron chi connectivity index (χ1n) is 5.41. The monoisotopic (exact) mass is 224 g/mol. The molecule has 0 aliphatic heterocycles. The smallest absolute Gasteiger partial charge is 0.178 e. The lowest BCUT2D eigenvalue weighted by Crippen LogP contribution is -1.86. The van der Waals surface area contributed by atoms with Crippen molar-refractivity contribution in [3.8, 4) is 11.4 Å². The van der Waals surface area contributed by atoms with Gasteiger partial charge in [0.1, 0.15) is 5.82 Å². The molecule has 0 aliphatic carbocycles. The average molecular weight is 224 g/mol. The van der Waals surface area contributed by atoms with Crippen LogP contribution in [0.1, 0.15) is 5.56 Å². The first-order chi connectivity index (χ1) is 8.22. The van der Waals surface area contributed by atoms with E-state index in [1.54, 1.807) is 0 Å². The van der Waals surface area contributed by atoms with E-state index < -0.39 is 0 Å². The first kappa shape index (κ1) is 9.84. The predicted molar refractivity (Wildman–Crippen MR) is 68.5 cm³/mol. The van der Waals surface area contributed by atoms with Gasteiger partial charge in [-0.25, -0.2) is 9.97 Å². The molecule has 0 spiro atoms. The normalized spacial score (nSPS) is 10.9. The number of nitrogens with one attached hydrogen (secondary N) is 1. The Bertz CT molecular complexity index is 685. The molecular formula is C13H12N4. The van der Waals surface area contributed by atoms with Gasteiger partial charge in [-0.05, 0) is 30.7 Å². The molecular weight excluding hydrogens is 212 g/mol. The molecule has 4 nitrogen and oxygen atoms in total. The van der Waals surface area contributed by atoms with E-state index in [0.717, 1.165) is 33.8 Å². The maximum Gasteiger partial charge on any atom is 0.178 e. The van der Waals surface area contributed by atoms with Gasteiger partial charge >= 0.3 is 0 Å². The second kappa shape index (κ2) is 3.59. The van der Waals surface area contributed by atoms with Crippen molar-refractivity contribution < 1.29 is 0 Å². The van der Waals surface area contributed by atoms with Gasteiger partial charge in [-0.2, -0.15) is 0 Å². The summed E-state index contributed by atoms with van der Waals surface area (Å²) in [6.07, 6.45) is 1.81. The zero-order valence-electron chi connectivity index (χ0n) is 9.44. The lowest BCUT2D eigenvalue weighted by atomic mass is 10.2. The van der Waals surface area contributed by atoms with Crippen LogP contribution in [0.2, 0.25) is 0 Å². The number of nitrogen functional groups attached to an aromatic ring is 1. The van der Waals surface area contributed by atoms with Gasteiger partial charge in [0.25, 0.3) is 0 Å². The van der Waals surface area contributed by atoms with Gasteiger partial charge in [-0.3, -0.25) is 0 Å². The number of fused-ring (bicyclic) bond motifs is 1. The zero-order chi connectivity index (χ0) is 11.8. The second-order valence-electron chi connectivity index (χ2n) is 4.09. The minimum atomic E-state index is 0.729. The minimum Gasteiger partial charge on any atom is -0.399 e. The molecule has 2 heterocycles. The fourth-order valence-corrected chi connectivity index (χ4v) is 1.83. The summed E-state index contributed by atoms with van der Waals surface area (Å²) in [5.74, 6) is 0.797. The van der Waals surface area contributed by atoms with Gasteiger partial charge in [0, 0.05) is 17.4 Å². The number of nitrogens with two attached hydrogens (primary N) is 1. The molecule has 0 saturated carbocycles. The number of hydrogen-bond donors (Lipinski definition) is 2. The van der Waals surface area contributed by atoms with Crippen molar-refractivity contribution >= 4 is 16.9 Å². The molecule has 2 aromatic heterocycles. The lowest BCUT2D eigenvalue weighted by Gasteiger charge is -1.97. The van der Waals surface area contributed by atoms with Crippen molar-refractivity contribution in [3.05, 3.63) is 42.1 Å². The van der Waals surface area contributed by atoms with Gasteiger partial charge in [-0.1, -0.05) is 12.1 Å². The number of aromatic amines is 1. The maximum absolute atomic E-state index is 5.76. The predicted octanol–water partition coefficient (Wildman–Crippen LogP) is 2.52. The Morgan fingerprint density at radius 3 is 2.94 bits per heavy atom. The average Bonchev–Trinajstić information content (AvgIpc) is 2.72. The number of nitrogens with zero attached hydrogens (tertiary/aromatic N) is 2. The van der Waals surface area contributed by atoms with Crippen molar-refractivity contribution in [2.24, 2.45) is 0 Å². The van der Waals surface area contributed by atoms with Crippen molar-refractivity contribution in [1.82, 2.24) is 15.0 Å². The fourth-order valence-electron chi connectivity index (χ4n) is 1.83. The van der Waals surface area contributed by atoms with Gasteiger partial charge in [0.2, 0.25) is 0 Å².